The van der Waals surface area contributed by atoms with Crippen molar-refractivity contribution in [3.8, 4) is 11.3 Å². The molecule has 1 saturated heterocycles. The maximum absolute atomic E-state index is 14.4. The van der Waals surface area contributed by atoms with Gasteiger partial charge in [0.1, 0.15) is 5.65 Å². The zero-order chi connectivity index (χ0) is 25.9. The highest BCUT2D eigenvalue weighted by atomic mass is 19.1. The molecule has 0 aromatic carbocycles. The molecule has 5 heterocycles. The van der Waals surface area contributed by atoms with Gasteiger partial charge in [-0.2, -0.15) is 9.49 Å². The predicted octanol–water partition coefficient (Wildman–Crippen LogP) is 2.80. The lowest BCUT2D eigenvalue weighted by atomic mass is 10.2. The van der Waals surface area contributed by atoms with Crippen molar-refractivity contribution in [3.05, 3.63) is 54.5 Å². The molecule has 0 spiro atoms. The van der Waals surface area contributed by atoms with Crippen LogP contribution in [-0.2, 0) is 16.6 Å². The van der Waals surface area contributed by atoms with Gasteiger partial charge in [-0.05, 0) is 37.6 Å². The summed E-state index contributed by atoms with van der Waals surface area (Å²) in [7, 11) is 3.47. The number of aromatic nitrogens is 5. The predicted molar refractivity (Wildman–Crippen MR) is 136 cm³/mol. The number of halogens is 1. The van der Waals surface area contributed by atoms with Crippen LogP contribution in [-0.4, -0.2) is 74.3 Å². The van der Waals surface area contributed by atoms with E-state index in [2.05, 4.69) is 35.6 Å². The van der Waals surface area contributed by atoms with Gasteiger partial charge in [0.25, 0.3) is 5.91 Å². The third kappa shape index (κ3) is 5.49. The van der Waals surface area contributed by atoms with Crippen LogP contribution in [0.25, 0.3) is 22.3 Å². The van der Waals surface area contributed by atoms with Gasteiger partial charge < -0.3 is 20.4 Å². The first-order valence-corrected chi connectivity index (χ1v) is 11.9. The molecular weight excluding hydrogens is 479 g/mol. The van der Waals surface area contributed by atoms with Crippen LogP contribution >= 0.6 is 0 Å². The molecule has 1 unspecified atom stereocenters. The molecule has 192 valence electrons. The van der Waals surface area contributed by atoms with Crippen molar-refractivity contribution in [2.45, 2.75) is 18.9 Å². The fraction of sp³-hybridized carbons (Fsp3) is 0.320. The first-order chi connectivity index (χ1) is 17.9. The third-order valence-electron chi connectivity index (χ3n) is 6.32. The number of rotatable bonds is 8. The van der Waals surface area contributed by atoms with Crippen LogP contribution in [0.2, 0.25) is 0 Å². The highest BCUT2D eigenvalue weighted by molar-refractivity contribution is 6.06. The maximum atomic E-state index is 14.4. The van der Waals surface area contributed by atoms with Crippen molar-refractivity contribution in [1.82, 2.24) is 29.6 Å². The Balaban J connectivity index is 1.26. The number of H-pyrrole nitrogens is 1. The molecule has 11 nitrogen and oxygen atoms in total. The zero-order valence-corrected chi connectivity index (χ0v) is 20.5. The Bertz CT molecular complexity index is 1450. The van der Waals surface area contributed by atoms with Crippen LogP contribution < -0.4 is 10.6 Å². The lowest BCUT2D eigenvalue weighted by Crippen LogP contribution is -2.38. The molecule has 1 aliphatic heterocycles. The number of aromatic amines is 1. The minimum atomic E-state index is -0.861. The molecule has 4 aromatic rings. The summed E-state index contributed by atoms with van der Waals surface area (Å²) >= 11 is 0. The second kappa shape index (κ2) is 10.4. The zero-order valence-electron chi connectivity index (χ0n) is 20.5. The van der Waals surface area contributed by atoms with Gasteiger partial charge in [-0.25, -0.2) is 9.97 Å². The average molecular weight is 507 g/mol. The van der Waals surface area contributed by atoms with E-state index in [1.54, 1.807) is 24.1 Å². The molecule has 3 N–H and O–H groups in total. The molecule has 37 heavy (non-hydrogen) atoms. The van der Waals surface area contributed by atoms with E-state index < -0.39 is 11.9 Å². The van der Waals surface area contributed by atoms with Crippen molar-refractivity contribution in [2.24, 2.45) is 7.05 Å². The van der Waals surface area contributed by atoms with E-state index in [1.165, 1.54) is 18.5 Å². The number of nitrogens with zero attached hydrogens (tertiary/aromatic N) is 5. The second-order valence-corrected chi connectivity index (χ2v) is 9.03. The van der Waals surface area contributed by atoms with Gasteiger partial charge in [0, 0.05) is 43.5 Å². The number of amides is 2. The summed E-state index contributed by atoms with van der Waals surface area (Å²) in [4.78, 5) is 38.7. The Kier molecular flexibility index (Phi) is 6.93. The number of anilines is 2. The van der Waals surface area contributed by atoms with Crippen LogP contribution in [0.3, 0.4) is 0 Å². The van der Waals surface area contributed by atoms with Crippen molar-refractivity contribution < 1.29 is 18.7 Å². The third-order valence-corrected chi connectivity index (χ3v) is 6.32. The van der Waals surface area contributed by atoms with E-state index in [0.29, 0.717) is 12.3 Å². The number of methoxy groups -OCH3 is 1. The Morgan fingerprint density at radius 2 is 2.05 bits per heavy atom. The first-order valence-electron chi connectivity index (χ1n) is 11.9. The monoisotopic (exact) mass is 506 g/mol. The molecular formula is C25H27FN8O3. The van der Waals surface area contributed by atoms with Gasteiger partial charge >= 0.3 is 0 Å². The smallest absolute Gasteiger partial charge is 0.257 e. The van der Waals surface area contributed by atoms with Crippen LogP contribution in [0.15, 0.2) is 43.0 Å². The average Bonchev–Trinajstić information content (AvgIpc) is 3.61. The summed E-state index contributed by atoms with van der Waals surface area (Å²) in [5, 5.41) is 10.1. The molecule has 1 aliphatic rings. The van der Waals surface area contributed by atoms with Crippen LogP contribution in [0, 0.1) is 5.95 Å². The lowest BCUT2D eigenvalue weighted by molar-refractivity contribution is -0.117. The number of fused-ring (bicyclic) bond motifs is 1. The summed E-state index contributed by atoms with van der Waals surface area (Å²) in [5.74, 6) is -1.66. The van der Waals surface area contributed by atoms with E-state index in [9.17, 15) is 14.0 Å². The minimum Gasteiger partial charge on any atom is -0.383 e. The molecule has 1 atom stereocenters. The normalized spacial score (nSPS) is 15.8. The summed E-state index contributed by atoms with van der Waals surface area (Å²) in [5.41, 5.74) is 2.69. The van der Waals surface area contributed by atoms with E-state index in [-0.39, 0.29) is 35.4 Å². The van der Waals surface area contributed by atoms with Gasteiger partial charge in [0.15, 0.2) is 0 Å². The van der Waals surface area contributed by atoms with Crippen molar-refractivity contribution in [2.75, 3.05) is 37.4 Å². The molecule has 0 radical (unpaired) electrons. The van der Waals surface area contributed by atoms with E-state index in [0.717, 1.165) is 36.0 Å². The number of carbonyl (C=O) groups is 2. The maximum Gasteiger partial charge on any atom is 0.257 e. The fourth-order valence-electron chi connectivity index (χ4n) is 4.52. The van der Waals surface area contributed by atoms with Crippen molar-refractivity contribution >= 4 is 34.2 Å². The first kappa shape index (κ1) is 24.5. The molecule has 0 saturated carbocycles. The van der Waals surface area contributed by atoms with Gasteiger partial charge in [-0.15, -0.1) is 0 Å². The van der Waals surface area contributed by atoms with Gasteiger partial charge in [-0.1, -0.05) is 0 Å². The van der Waals surface area contributed by atoms with Crippen LogP contribution in [0.4, 0.5) is 15.8 Å². The molecule has 5 rings (SSSR count). The number of pyridine rings is 2. The number of likely N-dealkylation sites (tertiary alicyclic amines) is 1. The summed E-state index contributed by atoms with van der Waals surface area (Å²) in [6.45, 7) is 1.57. The van der Waals surface area contributed by atoms with E-state index >= 15 is 0 Å². The molecule has 0 bridgehead atoms. The number of ether oxygens (including phenoxy) is 1. The number of hydrogen-bond acceptors (Lipinski definition) is 7. The van der Waals surface area contributed by atoms with E-state index in [1.807, 2.05) is 19.3 Å². The Morgan fingerprint density at radius 1 is 1.19 bits per heavy atom. The van der Waals surface area contributed by atoms with Gasteiger partial charge in [-0.3, -0.25) is 19.2 Å². The largest absolute Gasteiger partial charge is 0.383 e. The second-order valence-electron chi connectivity index (χ2n) is 9.03. The van der Waals surface area contributed by atoms with Gasteiger partial charge in [0.2, 0.25) is 11.9 Å². The highest BCUT2D eigenvalue weighted by Gasteiger charge is 2.26. The van der Waals surface area contributed by atoms with Crippen molar-refractivity contribution in [3.63, 3.8) is 0 Å². The molecule has 12 heteroatoms. The fourth-order valence-corrected chi connectivity index (χ4v) is 4.52. The molecule has 2 amide bonds. The molecule has 4 aromatic heterocycles. The Morgan fingerprint density at radius 3 is 2.84 bits per heavy atom. The van der Waals surface area contributed by atoms with Crippen molar-refractivity contribution in [1.29, 1.82) is 0 Å². The number of aryl methyl sites for hydroxylation is 1. The number of carbonyl (C=O) groups excluding carboxylic acids is 2. The summed E-state index contributed by atoms with van der Waals surface area (Å²) in [6.07, 6.45) is 8.19. The quantitative estimate of drug-likeness (QED) is 0.313. The highest BCUT2D eigenvalue weighted by Crippen LogP contribution is 2.24. The summed E-state index contributed by atoms with van der Waals surface area (Å²) < 4.78 is 21.3. The Labute approximate surface area is 212 Å². The van der Waals surface area contributed by atoms with Gasteiger partial charge in [0.05, 0.1) is 48.2 Å². The van der Waals surface area contributed by atoms with Crippen LogP contribution in [0.1, 0.15) is 23.2 Å². The molecule has 1 fully saturated rings. The summed E-state index contributed by atoms with van der Waals surface area (Å²) in [6, 6.07) is 5.07. The number of nitrogens with one attached hydrogen (secondary N) is 3. The number of hydrogen-bond donors (Lipinski definition) is 3. The standard InChI is InChI=1S/C25H27FN8O3/c1-33-12-17(10-29-33)20-7-15-6-16(9-28-24(15)31-20)25(36)32-21-8-18(11-27-23(21)26)30-22(35)13-34-5-3-4-19(34)14-37-2/h6-12,19H,3-5,13-14H2,1-2H3,(H,28,31)(H,30,35)(H,32,36). The minimum absolute atomic E-state index is 0.147. The Hall–Kier alpha value is -4.16. The molecule has 0 aliphatic carbocycles. The van der Waals surface area contributed by atoms with Crippen LogP contribution in [0.5, 0.6) is 0 Å². The van der Waals surface area contributed by atoms with E-state index in [4.69, 9.17) is 4.74 Å². The SMILES string of the molecule is COCC1CCCN1CC(=O)Nc1cnc(F)c(NC(=O)c2cnc3[nH]c(-c4cnn(C)c4)cc3c2)c1. The lowest BCUT2D eigenvalue weighted by Gasteiger charge is -2.23. The topological polar surface area (TPSA) is 130 Å².